The average molecular weight is 372 g/mol. The topological polar surface area (TPSA) is 56.4 Å². The smallest absolute Gasteiger partial charge is 0.257 e. The molecule has 2 aromatic rings. The number of hydrogen-bond acceptors (Lipinski definition) is 4. The third kappa shape index (κ3) is 4.43. The van der Waals surface area contributed by atoms with Crippen molar-refractivity contribution in [3.8, 4) is 0 Å². The van der Waals surface area contributed by atoms with Crippen molar-refractivity contribution < 1.29 is 13.6 Å². The largest absolute Gasteiger partial charge is 0.379 e. The molecule has 1 aliphatic rings. The van der Waals surface area contributed by atoms with Gasteiger partial charge in [0.25, 0.3) is 5.91 Å². The summed E-state index contributed by atoms with van der Waals surface area (Å²) in [6.45, 7) is 2.75. The van der Waals surface area contributed by atoms with Gasteiger partial charge < -0.3 is 20.9 Å². The molecule has 0 saturated heterocycles. The molecular weight excluding hydrogens is 350 g/mol. The highest BCUT2D eigenvalue weighted by molar-refractivity contribution is 6.31. The van der Waals surface area contributed by atoms with E-state index in [1.54, 1.807) is 12.1 Å². The van der Waals surface area contributed by atoms with Crippen molar-refractivity contribution in [3.05, 3.63) is 59.8 Å². The molecule has 0 saturated carbocycles. The summed E-state index contributed by atoms with van der Waals surface area (Å²) < 4.78 is 27.8. The average Bonchev–Trinajstić information content (AvgIpc) is 2.89. The lowest BCUT2D eigenvalue weighted by molar-refractivity contribution is -0.110. The Morgan fingerprint density at radius 1 is 1.19 bits per heavy atom. The fraction of sp³-hybridized carbons (Fsp3) is 0.250. The van der Waals surface area contributed by atoms with E-state index in [9.17, 15) is 13.6 Å². The summed E-state index contributed by atoms with van der Waals surface area (Å²) in [4.78, 5) is 14.1. The Bertz CT molecular complexity index is 896. The molecule has 5 nitrogen and oxygen atoms in total. The maximum Gasteiger partial charge on any atom is 0.257 e. The SMILES string of the molecule is CC(CN(C)C)Nc1ccc(N/C=C2/C(=O)Nc3ccc(F)cc32)cc1F. The molecule has 142 valence electrons. The van der Waals surface area contributed by atoms with Crippen LogP contribution in [0.25, 0.3) is 5.57 Å². The minimum absolute atomic E-state index is 0.0870. The Morgan fingerprint density at radius 2 is 1.96 bits per heavy atom. The van der Waals surface area contributed by atoms with E-state index in [2.05, 4.69) is 16.0 Å². The molecule has 1 unspecified atom stereocenters. The van der Waals surface area contributed by atoms with Crippen LogP contribution in [0.2, 0.25) is 0 Å². The number of anilines is 3. The molecule has 0 aliphatic carbocycles. The second kappa shape index (κ2) is 7.75. The number of nitrogens with one attached hydrogen (secondary N) is 3. The van der Waals surface area contributed by atoms with Crippen LogP contribution >= 0.6 is 0 Å². The first kappa shape index (κ1) is 18.8. The van der Waals surface area contributed by atoms with Crippen molar-refractivity contribution in [2.45, 2.75) is 13.0 Å². The lowest BCUT2D eigenvalue weighted by Gasteiger charge is -2.20. The van der Waals surface area contributed by atoms with Crippen LogP contribution in [0, 0.1) is 11.6 Å². The molecular formula is C20H22F2N4O. The van der Waals surface area contributed by atoms with Crippen LogP contribution in [0.3, 0.4) is 0 Å². The third-order valence-corrected chi connectivity index (χ3v) is 4.16. The van der Waals surface area contributed by atoms with Gasteiger partial charge in [-0.3, -0.25) is 4.79 Å². The van der Waals surface area contributed by atoms with E-state index in [1.165, 1.54) is 30.5 Å². The second-order valence-electron chi connectivity index (χ2n) is 6.85. The van der Waals surface area contributed by atoms with Crippen molar-refractivity contribution in [1.29, 1.82) is 0 Å². The van der Waals surface area contributed by atoms with Crippen LogP contribution in [-0.4, -0.2) is 37.5 Å². The highest BCUT2D eigenvalue weighted by atomic mass is 19.1. The van der Waals surface area contributed by atoms with Gasteiger partial charge in [-0.2, -0.15) is 0 Å². The van der Waals surface area contributed by atoms with Gasteiger partial charge in [0.15, 0.2) is 0 Å². The molecule has 3 rings (SSSR count). The highest BCUT2D eigenvalue weighted by Gasteiger charge is 2.24. The van der Waals surface area contributed by atoms with E-state index < -0.39 is 11.6 Å². The fourth-order valence-electron chi connectivity index (χ4n) is 3.04. The van der Waals surface area contributed by atoms with Crippen LogP contribution < -0.4 is 16.0 Å². The summed E-state index contributed by atoms with van der Waals surface area (Å²) in [5, 5.41) is 8.70. The summed E-state index contributed by atoms with van der Waals surface area (Å²) in [6.07, 6.45) is 1.46. The zero-order valence-electron chi connectivity index (χ0n) is 15.4. The summed E-state index contributed by atoms with van der Waals surface area (Å²) in [5.74, 6) is -1.16. The zero-order valence-corrected chi connectivity index (χ0v) is 15.4. The Labute approximate surface area is 157 Å². The van der Waals surface area contributed by atoms with Gasteiger partial charge in [0, 0.05) is 35.7 Å². The van der Waals surface area contributed by atoms with Gasteiger partial charge in [0.1, 0.15) is 11.6 Å². The van der Waals surface area contributed by atoms with E-state index in [0.29, 0.717) is 28.2 Å². The maximum absolute atomic E-state index is 14.4. The third-order valence-electron chi connectivity index (χ3n) is 4.16. The Hall–Kier alpha value is -2.93. The highest BCUT2D eigenvalue weighted by Crippen LogP contribution is 2.32. The number of fused-ring (bicyclic) bond motifs is 1. The van der Waals surface area contributed by atoms with Gasteiger partial charge in [-0.15, -0.1) is 0 Å². The van der Waals surface area contributed by atoms with Gasteiger partial charge in [-0.25, -0.2) is 8.78 Å². The lowest BCUT2D eigenvalue weighted by Crippen LogP contribution is -2.29. The number of carbonyl (C=O) groups is 1. The predicted octanol–water partition coefficient (Wildman–Crippen LogP) is 3.73. The minimum atomic E-state index is -0.426. The van der Waals surface area contributed by atoms with Crippen molar-refractivity contribution in [1.82, 2.24) is 4.90 Å². The molecule has 1 amide bonds. The molecule has 1 aliphatic heterocycles. The van der Waals surface area contributed by atoms with E-state index in [-0.39, 0.29) is 11.9 Å². The van der Waals surface area contributed by atoms with Crippen molar-refractivity contribution in [3.63, 3.8) is 0 Å². The maximum atomic E-state index is 14.4. The first-order valence-electron chi connectivity index (χ1n) is 8.62. The molecule has 0 bridgehead atoms. The number of benzene rings is 2. The summed E-state index contributed by atoms with van der Waals surface area (Å²) in [7, 11) is 3.91. The first-order chi connectivity index (χ1) is 12.8. The standard InChI is InChI=1S/C20H22F2N4O/c1-12(11-26(2)3)24-19-7-5-14(9-17(19)22)23-10-16-15-8-13(21)4-6-18(15)25-20(16)27/h4-10,12,23-24H,11H2,1-3H3,(H,25,27)/b16-10+. The first-order valence-corrected chi connectivity index (χ1v) is 8.62. The summed E-state index contributed by atoms with van der Waals surface area (Å²) >= 11 is 0. The van der Waals surface area contributed by atoms with E-state index in [0.717, 1.165) is 6.54 Å². The molecule has 2 aromatic carbocycles. The van der Waals surface area contributed by atoms with Crippen molar-refractivity contribution in [2.24, 2.45) is 0 Å². The molecule has 27 heavy (non-hydrogen) atoms. The van der Waals surface area contributed by atoms with E-state index in [4.69, 9.17) is 0 Å². The summed E-state index contributed by atoms with van der Waals surface area (Å²) in [5.41, 5.74) is 2.22. The molecule has 0 aromatic heterocycles. The monoisotopic (exact) mass is 372 g/mol. The van der Waals surface area contributed by atoms with Gasteiger partial charge in [-0.05, 0) is 57.4 Å². The van der Waals surface area contributed by atoms with Gasteiger partial charge in [0.2, 0.25) is 0 Å². The Morgan fingerprint density at radius 3 is 2.67 bits per heavy atom. The zero-order chi connectivity index (χ0) is 19.6. The molecule has 3 N–H and O–H groups in total. The number of hydrogen-bond donors (Lipinski definition) is 3. The number of carbonyl (C=O) groups excluding carboxylic acids is 1. The van der Waals surface area contributed by atoms with Crippen LogP contribution in [0.15, 0.2) is 42.6 Å². The van der Waals surface area contributed by atoms with Crippen LogP contribution in [-0.2, 0) is 4.79 Å². The van der Waals surface area contributed by atoms with E-state index >= 15 is 0 Å². The number of nitrogens with zero attached hydrogens (tertiary/aromatic N) is 1. The molecule has 7 heteroatoms. The van der Waals surface area contributed by atoms with Crippen molar-refractivity contribution >= 4 is 28.5 Å². The van der Waals surface area contributed by atoms with Crippen LogP contribution in [0.4, 0.5) is 25.8 Å². The number of amides is 1. The number of halogens is 2. The molecule has 1 atom stereocenters. The van der Waals surface area contributed by atoms with Crippen LogP contribution in [0.1, 0.15) is 12.5 Å². The normalized spacial score (nSPS) is 15.6. The Balaban J connectivity index is 1.74. The fourth-order valence-corrected chi connectivity index (χ4v) is 3.04. The quantitative estimate of drug-likeness (QED) is 0.677. The lowest BCUT2D eigenvalue weighted by atomic mass is 10.1. The van der Waals surface area contributed by atoms with E-state index in [1.807, 2.05) is 25.9 Å². The second-order valence-corrected chi connectivity index (χ2v) is 6.85. The number of likely N-dealkylation sites (N-methyl/N-ethyl adjacent to an activating group) is 1. The Kier molecular flexibility index (Phi) is 5.41. The van der Waals surface area contributed by atoms with Crippen LogP contribution in [0.5, 0.6) is 0 Å². The molecule has 0 fully saturated rings. The van der Waals surface area contributed by atoms with Gasteiger partial charge >= 0.3 is 0 Å². The molecule has 0 radical (unpaired) electrons. The number of rotatable bonds is 6. The predicted molar refractivity (Wildman–Crippen MR) is 105 cm³/mol. The summed E-state index contributed by atoms with van der Waals surface area (Å²) in [6, 6.07) is 8.88. The molecule has 0 spiro atoms. The van der Waals surface area contributed by atoms with Gasteiger partial charge in [-0.1, -0.05) is 0 Å². The molecule has 1 heterocycles. The van der Waals surface area contributed by atoms with Crippen molar-refractivity contribution in [2.75, 3.05) is 36.6 Å². The van der Waals surface area contributed by atoms with Gasteiger partial charge in [0.05, 0.1) is 11.3 Å². The minimum Gasteiger partial charge on any atom is -0.379 e.